The zero-order chi connectivity index (χ0) is 23.9. The fourth-order valence-corrected chi connectivity index (χ4v) is 5.31. The van der Waals surface area contributed by atoms with Gasteiger partial charge in [0.1, 0.15) is 5.75 Å². The third-order valence-electron chi connectivity index (χ3n) is 5.25. The number of thiazole rings is 1. The molecule has 0 N–H and O–H groups in total. The molecule has 34 heavy (non-hydrogen) atoms. The summed E-state index contributed by atoms with van der Waals surface area (Å²) in [6, 6.07) is 17.5. The van der Waals surface area contributed by atoms with Crippen molar-refractivity contribution >= 4 is 40.7 Å². The van der Waals surface area contributed by atoms with E-state index in [1.54, 1.807) is 19.0 Å². The average molecular weight is 496 g/mol. The Morgan fingerprint density at radius 1 is 1.15 bits per heavy atom. The first-order valence-corrected chi connectivity index (χ1v) is 12.8. The maximum atomic E-state index is 13.2. The molecule has 1 aromatic heterocycles. The van der Waals surface area contributed by atoms with Gasteiger partial charge in [0.15, 0.2) is 4.34 Å². The molecule has 9 heteroatoms. The highest BCUT2D eigenvalue weighted by Crippen LogP contribution is 2.34. The van der Waals surface area contributed by atoms with Crippen LogP contribution in [-0.2, 0) is 20.7 Å². The predicted molar refractivity (Wildman–Crippen MR) is 133 cm³/mol. The number of hydrazone groups is 1. The number of methoxy groups -OCH3 is 1. The maximum absolute atomic E-state index is 13.2. The molecule has 7 nitrogen and oxygen atoms in total. The summed E-state index contributed by atoms with van der Waals surface area (Å²) < 4.78 is 11.0. The SMILES string of the molecule is CCOC(=O)Cc1csc(SCC(=O)N2N=C(c3ccccc3)CC2c2ccc(OC)cc2)n1. The van der Waals surface area contributed by atoms with E-state index in [1.165, 1.54) is 23.1 Å². The van der Waals surface area contributed by atoms with E-state index in [0.717, 1.165) is 26.9 Å². The summed E-state index contributed by atoms with van der Waals surface area (Å²) in [5.41, 5.74) is 3.54. The largest absolute Gasteiger partial charge is 0.497 e. The van der Waals surface area contributed by atoms with Crippen LogP contribution >= 0.6 is 23.1 Å². The van der Waals surface area contributed by atoms with Gasteiger partial charge in [-0.15, -0.1) is 11.3 Å². The second kappa shape index (κ2) is 11.3. The van der Waals surface area contributed by atoms with Crippen LogP contribution in [0.4, 0.5) is 0 Å². The molecule has 0 aliphatic carbocycles. The standard InChI is InChI=1S/C25H25N3O4S2/c1-3-32-24(30)13-19-15-33-25(26-19)34-16-23(29)28-22(18-9-11-20(31-2)12-10-18)14-21(27-28)17-7-5-4-6-8-17/h4-12,15,22H,3,13-14,16H2,1-2H3. The van der Waals surface area contributed by atoms with Crippen molar-refractivity contribution in [2.24, 2.45) is 5.10 Å². The van der Waals surface area contributed by atoms with Crippen LogP contribution < -0.4 is 4.74 Å². The Kier molecular flexibility index (Phi) is 7.97. The van der Waals surface area contributed by atoms with Gasteiger partial charge in [-0.25, -0.2) is 9.99 Å². The summed E-state index contributed by atoms with van der Waals surface area (Å²) in [5.74, 6) is 0.563. The van der Waals surface area contributed by atoms with Crippen LogP contribution in [0, 0.1) is 0 Å². The summed E-state index contributed by atoms with van der Waals surface area (Å²) in [4.78, 5) is 29.4. The maximum Gasteiger partial charge on any atom is 0.311 e. The molecule has 4 rings (SSSR count). The topological polar surface area (TPSA) is 81.1 Å². The molecule has 0 saturated heterocycles. The summed E-state index contributed by atoms with van der Waals surface area (Å²) in [5, 5.41) is 8.13. The molecule has 0 saturated carbocycles. The van der Waals surface area contributed by atoms with E-state index >= 15 is 0 Å². The lowest BCUT2D eigenvalue weighted by molar-refractivity contribution is -0.142. The minimum absolute atomic E-state index is 0.0982. The fourth-order valence-electron chi connectivity index (χ4n) is 3.62. The summed E-state index contributed by atoms with van der Waals surface area (Å²) in [6.45, 7) is 2.12. The second-order valence-electron chi connectivity index (χ2n) is 7.52. The van der Waals surface area contributed by atoms with Gasteiger partial charge in [0, 0.05) is 11.8 Å². The Labute approximate surface area is 206 Å². The molecule has 1 aliphatic rings. The first kappa shape index (κ1) is 24.0. The molecule has 1 amide bonds. The van der Waals surface area contributed by atoms with E-state index in [1.807, 2.05) is 60.0 Å². The van der Waals surface area contributed by atoms with Crippen LogP contribution in [0.3, 0.4) is 0 Å². The van der Waals surface area contributed by atoms with Crippen LogP contribution in [0.25, 0.3) is 0 Å². The monoisotopic (exact) mass is 495 g/mol. The van der Waals surface area contributed by atoms with Crippen molar-refractivity contribution in [2.75, 3.05) is 19.5 Å². The van der Waals surface area contributed by atoms with E-state index in [9.17, 15) is 9.59 Å². The zero-order valence-corrected chi connectivity index (χ0v) is 20.6. The quantitative estimate of drug-likeness (QED) is 0.315. The van der Waals surface area contributed by atoms with E-state index < -0.39 is 0 Å². The van der Waals surface area contributed by atoms with Crippen LogP contribution in [0.5, 0.6) is 5.75 Å². The molecule has 0 fully saturated rings. The Morgan fingerprint density at radius 3 is 2.62 bits per heavy atom. The molecule has 0 radical (unpaired) electrons. The van der Waals surface area contributed by atoms with Gasteiger partial charge in [-0.05, 0) is 30.2 Å². The number of hydrogen-bond acceptors (Lipinski definition) is 8. The van der Waals surface area contributed by atoms with E-state index in [-0.39, 0.29) is 30.1 Å². The molecule has 1 aliphatic heterocycles. The van der Waals surface area contributed by atoms with Crippen molar-refractivity contribution in [3.63, 3.8) is 0 Å². The highest BCUT2D eigenvalue weighted by molar-refractivity contribution is 8.01. The fraction of sp³-hybridized carbons (Fsp3) is 0.280. The number of benzene rings is 2. The van der Waals surface area contributed by atoms with E-state index in [2.05, 4.69) is 4.98 Å². The third kappa shape index (κ3) is 5.84. The molecule has 0 bridgehead atoms. The van der Waals surface area contributed by atoms with Crippen molar-refractivity contribution in [3.8, 4) is 5.75 Å². The Bertz CT molecular complexity index is 1160. The van der Waals surface area contributed by atoms with E-state index in [0.29, 0.717) is 18.7 Å². The van der Waals surface area contributed by atoms with Gasteiger partial charge in [-0.2, -0.15) is 5.10 Å². The molecule has 176 valence electrons. The van der Waals surface area contributed by atoms with Crippen molar-refractivity contribution in [1.82, 2.24) is 9.99 Å². The molecule has 3 aromatic rings. The van der Waals surface area contributed by atoms with Gasteiger partial charge >= 0.3 is 5.97 Å². The Hall–Kier alpha value is -3.17. The molecule has 1 atom stereocenters. The summed E-state index contributed by atoms with van der Waals surface area (Å²) in [6.07, 6.45) is 0.767. The highest BCUT2D eigenvalue weighted by atomic mass is 32.2. The average Bonchev–Trinajstić information content (AvgIpc) is 3.51. The van der Waals surface area contributed by atoms with E-state index in [4.69, 9.17) is 14.6 Å². The molecular formula is C25H25N3O4S2. The molecule has 2 heterocycles. The lowest BCUT2D eigenvalue weighted by Gasteiger charge is -2.22. The number of carbonyl (C=O) groups excluding carboxylic acids is 2. The van der Waals surface area contributed by atoms with Gasteiger partial charge in [0.05, 0.1) is 43.3 Å². The van der Waals surface area contributed by atoms with Crippen LogP contribution in [0.1, 0.15) is 36.2 Å². The van der Waals surface area contributed by atoms with Crippen LogP contribution in [-0.4, -0.2) is 47.1 Å². The number of ether oxygens (including phenoxy) is 2. The molecule has 2 aromatic carbocycles. The van der Waals surface area contributed by atoms with Gasteiger partial charge in [-0.3, -0.25) is 9.59 Å². The number of amides is 1. The minimum Gasteiger partial charge on any atom is -0.497 e. The number of rotatable bonds is 9. The van der Waals surface area contributed by atoms with Gasteiger partial charge in [0.2, 0.25) is 0 Å². The van der Waals surface area contributed by atoms with Crippen molar-refractivity contribution in [2.45, 2.75) is 30.1 Å². The lowest BCUT2D eigenvalue weighted by atomic mass is 9.98. The normalized spacial score (nSPS) is 15.2. The van der Waals surface area contributed by atoms with Crippen molar-refractivity contribution in [3.05, 3.63) is 76.8 Å². The smallest absolute Gasteiger partial charge is 0.311 e. The molecular weight excluding hydrogens is 470 g/mol. The number of esters is 1. The molecule has 1 unspecified atom stereocenters. The lowest BCUT2D eigenvalue weighted by Crippen LogP contribution is -2.28. The van der Waals surface area contributed by atoms with Crippen LogP contribution in [0.15, 0.2) is 69.4 Å². The predicted octanol–water partition coefficient (Wildman–Crippen LogP) is 4.73. The highest BCUT2D eigenvalue weighted by Gasteiger charge is 2.33. The van der Waals surface area contributed by atoms with Crippen molar-refractivity contribution < 1.29 is 19.1 Å². The van der Waals surface area contributed by atoms with Gasteiger partial charge < -0.3 is 9.47 Å². The van der Waals surface area contributed by atoms with Gasteiger partial charge in [0.25, 0.3) is 5.91 Å². The number of hydrogen-bond donors (Lipinski definition) is 0. The summed E-state index contributed by atoms with van der Waals surface area (Å²) in [7, 11) is 1.63. The van der Waals surface area contributed by atoms with Crippen LogP contribution in [0.2, 0.25) is 0 Å². The van der Waals surface area contributed by atoms with Crippen molar-refractivity contribution in [1.29, 1.82) is 0 Å². The number of aromatic nitrogens is 1. The number of carbonyl (C=O) groups is 2. The first-order valence-electron chi connectivity index (χ1n) is 10.9. The third-order valence-corrected chi connectivity index (χ3v) is 7.31. The Balaban J connectivity index is 1.47. The summed E-state index contributed by atoms with van der Waals surface area (Å²) >= 11 is 2.77. The molecule has 0 spiro atoms. The second-order valence-corrected chi connectivity index (χ2v) is 9.60. The minimum atomic E-state index is -0.303. The first-order chi connectivity index (χ1) is 16.6. The number of nitrogens with zero attached hydrogens (tertiary/aromatic N) is 3. The number of thioether (sulfide) groups is 1. The zero-order valence-electron chi connectivity index (χ0n) is 19.0. The van der Waals surface area contributed by atoms with Gasteiger partial charge in [-0.1, -0.05) is 54.2 Å². The Morgan fingerprint density at radius 2 is 1.91 bits per heavy atom.